The van der Waals surface area contributed by atoms with Crippen molar-refractivity contribution in [2.75, 3.05) is 26.2 Å². The quantitative estimate of drug-likeness (QED) is 0.764. The number of furan rings is 1. The van der Waals surface area contributed by atoms with Crippen LogP contribution in [0, 0.1) is 12.7 Å². The Bertz CT molecular complexity index is 805. The molecule has 132 valence electrons. The number of amides is 2. The lowest BCUT2D eigenvalue weighted by atomic mass is 10.2. The maximum atomic E-state index is 13.8. The second-order valence-electron chi connectivity index (χ2n) is 5.98. The Balaban J connectivity index is 1.70. The van der Waals surface area contributed by atoms with Gasteiger partial charge in [-0.05, 0) is 47.5 Å². The van der Waals surface area contributed by atoms with Crippen LogP contribution < -0.4 is 0 Å². The molecule has 1 aliphatic heterocycles. The molecule has 1 saturated heterocycles. The zero-order chi connectivity index (χ0) is 18.0. The summed E-state index contributed by atoms with van der Waals surface area (Å²) < 4.78 is 19.8. The maximum Gasteiger partial charge on any atom is 0.289 e. The summed E-state index contributed by atoms with van der Waals surface area (Å²) in [5.41, 5.74) is 0.827. The van der Waals surface area contributed by atoms with Crippen molar-refractivity contribution in [2.45, 2.75) is 13.3 Å². The number of hydrogen-bond donors (Lipinski definition) is 0. The molecule has 0 saturated carbocycles. The summed E-state index contributed by atoms with van der Waals surface area (Å²) in [5.74, 6) is -0.755. The average Bonchev–Trinajstić information content (AvgIpc) is 2.79. The van der Waals surface area contributed by atoms with Crippen molar-refractivity contribution in [3.05, 3.63) is 57.7 Å². The van der Waals surface area contributed by atoms with E-state index in [0.717, 1.165) is 5.56 Å². The number of halogens is 2. The van der Waals surface area contributed by atoms with Crippen LogP contribution in [0.2, 0.25) is 0 Å². The van der Waals surface area contributed by atoms with E-state index in [0.29, 0.717) is 43.0 Å². The molecule has 2 amide bonds. The summed E-state index contributed by atoms with van der Waals surface area (Å²) in [5, 5.41) is 0. The van der Waals surface area contributed by atoms with E-state index in [9.17, 15) is 14.0 Å². The molecule has 0 N–H and O–H groups in total. The molecule has 1 aromatic carbocycles. The first-order valence-corrected chi connectivity index (χ1v) is 8.85. The highest BCUT2D eigenvalue weighted by molar-refractivity contribution is 9.10. The van der Waals surface area contributed by atoms with Crippen LogP contribution in [-0.4, -0.2) is 47.8 Å². The summed E-state index contributed by atoms with van der Waals surface area (Å²) in [7, 11) is 0. The van der Waals surface area contributed by atoms with Crippen molar-refractivity contribution in [2.24, 2.45) is 0 Å². The van der Waals surface area contributed by atoms with Gasteiger partial charge in [-0.1, -0.05) is 12.1 Å². The van der Waals surface area contributed by atoms with Gasteiger partial charge in [-0.15, -0.1) is 0 Å². The predicted molar refractivity (Wildman–Crippen MR) is 94.0 cm³/mol. The number of carbonyl (C=O) groups is 2. The van der Waals surface area contributed by atoms with Crippen LogP contribution in [-0.2, 0) is 0 Å². The van der Waals surface area contributed by atoms with Crippen molar-refractivity contribution in [1.29, 1.82) is 0 Å². The number of rotatable bonds is 2. The van der Waals surface area contributed by atoms with Crippen LogP contribution >= 0.6 is 15.9 Å². The predicted octanol–water partition coefficient (Wildman–Crippen LogP) is 3.48. The molecular formula is C18H18BrFN2O3. The van der Waals surface area contributed by atoms with E-state index in [1.54, 1.807) is 28.0 Å². The molecule has 0 spiro atoms. The van der Waals surface area contributed by atoms with Gasteiger partial charge in [0.1, 0.15) is 5.82 Å². The number of nitrogens with zero attached hydrogens (tertiary/aromatic N) is 2. The Kier molecular flexibility index (Phi) is 5.22. The Labute approximate surface area is 153 Å². The van der Waals surface area contributed by atoms with Crippen LogP contribution in [0.3, 0.4) is 0 Å². The summed E-state index contributed by atoms with van der Waals surface area (Å²) in [6, 6.07) is 7.70. The van der Waals surface area contributed by atoms with Crippen LogP contribution in [0.25, 0.3) is 0 Å². The first kappa shape index (κ1) is 17.7. The minimum Gasteiger partial charge on any atom is -0.444 e. The number of hydrogen-bond acceptors (Lipinski definition) is 3. The summed E-state index contributed by atoms with van der Waals surface area (Å²) in [6.45, 7) is 3.57. The zero-order valence-corrected chi connectivity index (χ0v) is 15.4. The normalized spacial score (nSPS) is 15.2. The van der Waals surface area contributed by atoms with E-state index in [1.165, 1.54) is 12.1 Å². The first-order chi connectivity index (χ1) is 12.0. The van der Waals surface area contributed by atoms with Crippen LogP contribution in [0.5, 0.6) is 0 Å². The Morgan fingerprint density at radius 1 is 1.08 bits per heavy atom. The van der Waals surface area contributed by atoms with Crippen LogP contribution in [0.4, 0.5) is 4.39 Å². The summed E-state index contributed by atoms with van der Waals surface area (Å²) in [6.07, 6.45) is 0.632. The van der Waals surface area contributed by atoms with E-state index in [4.69, 9.17) is 4.42 Å². The summed E-state index contributed by atoms with van der Waals surface area (Å²) >= 11 is 3.23. The molecule has 0 radical (unpaired) electrons. The fourth-order valence-electron chi connectivity index (χ4n) is 2.93. The number of aryl methyl sites for hydroxylation is 1. The maximum absolute atomic E-state index is 13.8. The lowest BCUT2D eigenvalue weighted by Gasteiger charge is -2.22. The highest BCUT2D eigenvalue weighted by Crippen LogP contribution is 2.22. The van der Waals surface area contributed by atoms with Crippen LogP contribution in [0.15, 0.2) is 39.4 Å². The first-order valence-electron chi connectivity index (χ1n) is 8.06. The third-order valence-electron chi connectivity index (χ3n) is 4.26. The fourth-order valence-corrected chi connectivity index (χ4v) is 3.43. The molecular weight excluding hydrogens is 391 g/mol. The topological polar surface area (TPSA) is 53.8 Å². The van der Waals surface area contributed by atoms with E-state index in [-0.39, 0.29) is 17.4 Å². The van der Waals surface area contributed by atoms with Crippen molar-refractivity contribution in [1.82, 2.24) is 9.80 Å². The van der Waals surface area contributed by atoms with E-state index in [2.05, 4.69) is 15.9 Å². The van der Waals surface area contributed by atoms with Gasteiger partial charge in [0.25, 0.3) is 11.8 Å². The third-order valence-corrected chi connectivity index (χ3v) is 4.65. The second kappa shape index (κ2) is 7.39. The van der Waals surface area contributed by atoms with Gasteiger partial charge in [-0.3, -0.25) is 9.59 Å². The third kappa shape index (κ3) is 3.76. The molecule has 25 heavy (non-hydrogen) atoms. The molecule has 1 fully saturated rings. The zero-order valence-electron chi connectivity index (χ0n) is 13.8. The lowest BCUT2D eigenvalue weighted by Crippen LogP contribution is -2.37. The molecule has 5 nitrogen and oxygen atoms in total. The largest absolute Gasteiger partial charge is 0.444 e. The number of carbonyl (C=O) groups excluding carboxylic acids is 2. The monoisotopic (exact) mass is 408 g/mol. The van der Waals surface area contributed by atoms with E-state index in [1.807, 2.05) is 6.92 Å². The van der Waals surface area contributed by atoms with Crippen molar-refractivity contribution < 1.29 is 18.4 Å². The highest BCUT2D eigenvalue weighted by atomic mass is 79.9. The molecule has 1 aliphatic rings. The van der Waals surface area contributed by atoms with Gasteiger partial charge in [0.05, 0.1) is 5.56 Å². The SMILES string of the molecule is Cc1cc(Br)oc1C(=O)N1CCCN(C(=O)c2ccccc2F)CC1. The molecule has 0 unspecified atom stereocenters. The Morgan fingerprint density at radius 2 is 1.72 bits per heavy atom. The van der Waals surface area contributed by atoms with Gasteiger partial charge >= 0.3 is 0 Å². The van der Waals surface area contributed by atoms with Gasteiger partial charge in [0.15, 0.2) is 10.4 Å². The molecule has 0 atom stereocenters. The Morgan fingerprint density at radius 3 is 2.32 bits per heavy atom. The minimum atomic E-state index is -0.527. The Hall–Kier alpha value is -2.15. The standard InChI is InChI=1S/C18H18BrFN2O3/c1-12-11-15(19)25-16(12)18(24)22-8-4-7-21(9-10-22)17(23)13-5-2-3-6-14(13)20/h2-3,5-6,11H,4,7-10H2,1H3. The van der Waals surface area contributed by atoms with Gasteiger partial charge in [0, 0.05) is 31.7 Å². The highest BCUT2D eigenvalue weighted by Gasteiger charge is 2.27. The molecule has 3 rings (SSSR count). The number of benzene rings is 1. The van der Waals surface area contributed by atoms with Crippen LogP contribution in [0.1, 0.15) is 32.9 Å². The molecule has 2 heterocycles. The average molecular weight is 409 g/mol. The van der Waals surface area contributed by atoms with Gasteiger partial charge < -0.3 is 14.2 Å². The fraction of sp³-hybridized carbons (Fsp3) is 0.333. The van der Waals surface area contributed by atoms with Gasteiger partial charge in [-0.2, -0.15) is 0 Å². The van der Waals surface area contributed by atoms with Crippen molar-refractivity contribution in [3.8, 4) is 0 Å². The summed E-state index contributed by atoms with van der Waals surface area (Å²) in [4.78, 5) is 28.4. The minimum absolute atomic E-state index is 0.0630. The molecule has 0 bridgehead atoms. The van der Waals surface area contributed by atoms with Gasteiger partial charge in [-0.25, -0.2) is 4.39 Å². The molecule has 0 aliphatic carbocycles. The molecule has 1 aromatic heterocycles. The van der Waals surface area contributed by atoms with E-state index >= 15 is 0 Å². The van der Waals surface area contributed by atoms with Crippen molar-refractivity contribution >= 4 is 27.7 Å². The molecule has 7 heteroatoms. The second-order valence-corrected chi connectivity index (χ2v) is 6.76. The van der Waals surface area contributed by atoms with Crippen molar-refractivity contribution in [3.63, 3.8) is 0 Å². The molecule has 2 aromatic rings. The lowest BCUT2D eigenvalue weighted by molar-refractivity contribution is 0.0696. The smallest absolute Gasteiger partial charge is 0.289 e. The van der Waals surface area contributed by atoms with E-state index < -0.39 is 5.82 Å². The van der Waals surface area contributed by atoms with Gasteiger partial charge in [0.2, 0.25) is 0 Å².